The normalized spacial score (nSPS) is 11.1. The molecular weight excluding hydrogens is 441 g/mol. The molecular formula is C21H34N2O2S4. The van der Waals surface area contributed by atoms with Crippen LogP contribution in [-0.4, -0.2) is 59.8 Å². The van der Waals surface area contributed by atoms with Crippen LogP contribution in [0, 0.1) is 18.8 Å². The largest absolute Gasteiger partial charge is 0.352 e. The molecule has 0 heterocycles. The highest BCUT2D eigenvalue weighted by Gasteiger charge is 2.18. The standard InChI is InChI=1S/C21H34N2O2S4/c1-15-6-16(9-22-20(24)18(11-26-2)12-27-3)8-17(7-15)10-23-21(25)19(13-28-4)14-29-5/h6-8,18-19H,9-14H2,1-5H3,(H,22,24)(H,23,25). The molecule has 0 spiro atoms. The van der Waals surface area contributed by atoms with Crippen LogP contribution in [0.2, 0.25) is 0 Å². The fourth-order valence-corrected chi connectivity index (χ4v) is 6.01. The Morgan fingerprint density at radius 2 is 1.07 bits per heavy atom. The van der Waals surface area contributed by atoms with E-state index in [1.807, 2.05) is 31.9 Å². The average molecular weight is 475 g/mol. The van der Waals surface area contributed by atoms with E-state index in [1.165, 1.54) is 0 Å². The molecule has 4 nitrogen and oxygen atoms in total. The van der Waals surface area contributed by atoms with Crippen molar-refractivity contribution in [2.24, 2.45) is 11.8 Å². The number of carbonyl (C=O) groups excluding carboxylic acids is 2. The Morgan fingerprint density at radius 1 is 0.724 bits per heavy atom. The van der Waals surface area contributed by atoms with Gasteiger partial charge >= 0.3 is 0 Å². The lowest BCUT2D eigenvalue weighted by Gasteiger charge is -2.16. The Morgan fingerprint density at radius 3 is 1.38 bits per heavy atom. The monoisotopic (exact) mass is 474 g/mol. The molecule has 0 saturated carbocycles. The van der Waals surface area contributed by atoms with E-state index in [0.29, 0.717) is 13.1 Å². The molecule has 1 aromatic carbocycles. The van der Waals surface area contributed by atoms with Crippen molar-refractivity contribution in [2.45, 2.75) is 20.0 Å². The zero-order valence-corrected chi connectivity index (χ0v) is 21.3. The van der Waals surface area contributed by atoms with Crippen LogP contribution in [0.25, 0.3) is 0 Å². The van der Waals surface area contributed by atoms with E-state index in [0.717, 1.165) is 39.7 Å². The van der Waals surface area contributed by atoms with Crippen molar-refractivity contribution < 1.29 is 9.59 Å². The molecule has 0 aliphatic carbocycles. The van der Waals surface area contributed by atoms with Crippen molar-refractivity contribution in [3.63, 3.8) is 0 Å². The number of hydrogen-bond donors (Lipinski definition) is 2. The second kappa shape index (κ2) is 15.4. The van der Waals surface area contributed by atoms with Gasteiger partial charge in [0.15, 0.2) is 0 Å². The third-order valence-electron chi connectivity index (χ3n) is 4.34. The van der Waals surface area contributed by atoms with Gasteiger partial charge in [-0.05, 0) is 43.1 Å². The molecule has 0 aliphatic rings. The molecule has 2 N–H and O–H groups in total. The van der Waals surface area contributed by atoms with Gasteiger partial charge in [-0.25, -0.2) is 0 Å². The third-order valence-corrected chi connectivity index (χ3v) is 7.29. The Hall–Kier alpha value is -0.440. The highest BCUT2D eigenvalue weighted by Crippen LogP contribution is 2.15. The molecule has 0 aliphatic heterocycles. The first-order valence-electron chi connectivity index (χ1n) is 9.55. The van der Waals surface area contributed by atoms with Gasteiger partial charge in [0.1, 0.15) is 0 Å². The van der Waals surface area contributed by atoms with Gasteiger partial charge in [-0.1, -0.05) is 23.8 Å². The molecule has 8 heteroatoms. The number of benzene rings is 1. The fourth-order valence-electron chi connectivity index (χ4n) is 3.02. The molecule has 0 aromatic heterocycles. The summed E-state index contributed by atoms with van der Waals surface area (Å²) in [7, 11) is 0. The summed E-state index contributed by atoms with van der Waals surface area (Å²) < 4.78 is 0. The number of thioether (sulfide) groups is 4. The number of hydrogen-bond acceptors (Lipinski definition) is 6. The second-order valence-corrected chi connectivity index (χ2v) is 10.6. The zero-order chi connectivity index (χ0) is 21.6. The average Bonchev–Trinajstić information content (AvgIpc) is 2.69. The highest BCUT2D eigenvalue weighted by molar-refractivity contribution is 7.99. The van der Waals surface area contributed by atoms with Crippen LogP contribution in [0.3, 0.4) is 0 Å². The molecule has 164 valence electrons. The summed E-state index contributed by atoms with van der Waals surface area (Å²) in [5, 5.41) is 6.16. The van der Waals surface area contributed by atoms with Gasteiger partial charge in [0.25, 0.3) is 0 Å². The van der Waals surface area contributed by atoms with Crippen molar-refractivity contribution in [2.75, 3.05) is 48.0 Å². The fraction of sp³-hybridized carbons (Fsp3) is 0.619. The Balaban J connectivity index is 2.68. The predicted molar refractivity (Wildman–Crippen MR) is 135 cm³/mol. The molecule has 1 rings (SSSR count). The van der Waals surface area contributed by atoms with E-state index < -0.39 is 0 Å². The van der Waals surface area contributed by atoms with Crippen molar-refractivity contribution in [3.05, 3.63) is 34.9 Å². The first-order valence-corrected chi connectivity index (χ1v) is 15.1. The van der Waals surface area contributed by atoms with Crippen LogP contribution in [0.1, 0.15) is 16.7 Å². The Kier molecular flexibility index (Phi) is 14.1. The van der Waals surface area contributed by atoms with Crippen molar-refractivity contribution in [3.8, 4) is 0 Å². The summed E-state index contributed by atoms with van der Waals surface area (Å²) in [6.07, 6.45) is 8.13. The summed E-state index contributed by atoms with van der Waals surface area (Å²) in [6, 6.07) is 6.26. The summed E-state index contributed by atoms with van der Waals surface area (Å²) in [4.78, 5) is 25.0. The van der Waals surface area contributed by atoms with Gasteiger partial charge in [-0.3, -0.25) is 9.59 Å². The molecule has 0 radical (unpaired) electrons. The van der Waals surface area contributed by atoms with Crippen LogP contribution >= 0.6 is 47.0 Å². The van der Waals surface area contributed by atoms with E-state index in [4.69, 9.17) is 0 Å². The number of amides is 2. The van der Waals surface area contributed by atoms with E-state index >= 15 is 0 Å². The maximum atomic E-state index is 12.5. The van der Waals surface area contributed by atoms with Gasteiger partial charge in [-0.2, -0.15) is 47.0 Å². The molecule has 0 saturated heterocycles. The van der Waals surface area contributed by atoms with E-state index in [9.17, 15) is 9.59 Å². The van der Waals surface area contributed by atoms with Gasteiger partial charge < -0.3 is 10.6 Å². The lowest BCUT2D eigenvalue weighted by atomic mass is 10.1. The Labute approximate surface area is 193 Å². The molecule has 0 fully saturated rings. The van der Waals surface area contributed by atoms with E-state index in [2.05, 4.69) is 28.8 Å². The smallest absolute Gasteiger partial charge is 0.225 e. The van der Waals surface area contributed by atoms with E-state index in [-0.39, 0.29) is 23.7 Å². The molecule has 0 unspecified atom stereocenters. The summed E-state index contributed by atoms with van der Waals surface area (Å²) in [6.45, 7) is 3.08. The molecule has 1 aromatic rings. The topological polar surface area (TPSA) is 58.2 Å². The van der Waals surface area contributed by atoms with Gasteiger partial charge in [0.05, 0.1) is 11.8 Å². The van der Waals surface area contributed by atoms with E-state index in [1.54, 1.807) is 47.0 Å². The summed E-state index contributed by atoms with van der Waals surface area (Å²) >= 11 is 6.82. The SMILES string of the molecule is CSCC(CSC)C(=O)NCc1cc(C)cc(CNC(=O)C(CSC)CSC)c1. The number of carbonyl (C=O) groups is 2. The van der Waals surface area contributed by atoms with Crippen molar-refractivity contribution in [1.82, 2.24) is 10.6 Å². The lowest BCUT2D eigenvalue weighted by molar-refractivity contribution is -0.124. The third kappa shape index (κ3) is 10.4. The molecule has 2 amide bonds. The van der Waals surface area contributed by atoms with Crippen LogP contribution in [0.15, 0.2) is 18.2 Å². The molecule has 29 heavy (non-hydrogen) atoms. The minimum absolute atomic E-state index is 0.0355. The minimum Gasteiger partial charge on any atom is -0.352 e. The summed E-state index contributed by atoms with van der Waals surface area (Å²) in [5.74, 6) is 3.65. The molecule has 0 bridgehead atoms. The van der Waals surface area contributed by atoms with Gasteiger partial charge in [0, 0.05) is 36.1 Å². The number of nitrogens with one attached hydrogen (secondary N) is 2. The zero-order valence-electron chi connectivity index (χ0n) is 18.1. The number of aryl methyl sites for hydroxylation is 1. The van der Waals surface area contributed by atoms with Crippen LogP contribution < -0.4 is 10.6 Å². The number of rotatable bonds is 14. The minimum atomic E-state index is 0.0355. The maximum absolute atomic E-state index is 12.5. The van der Waals surface area contributed by atoms with Gasteiger partial charge in [-0.15, -0.1) is 0 Å². The van der Waals surface area contributed by atoms with Crippen LogP contribution in [-0.2, 0) is 22.7 Å². The second-order valence-electron chi connectivity index (χ2n) is 6.98. The first-order chi connectivity index (χ1) is 13.9. The van der Waals surface area contributed by atoms with Crippen molar-refractivity contribution in [1.29, 1.82) is 0 Å². The lowest BCUT2D eigenvalue weighted by Crippen LogP contribution is -2.33. The van der Waals surface area contributed by atoms with Crippen molar-refractivity contribution >= 4 is 58.9 Å². The summed E-state index contributed by atoms with van der Waals surface area (Å²) in [5.41, 5.74) is 3.27. The molecule has 0 atom stereocenters. The predicted octanol–water partition coefficient (Wildman–Crippen LogP) is 3.91. The first kappa shape index (κ1) is 26.6. The van der Waals surface area contributed by atoms with Crippen LogP contribution in [0.4, 0.5) is 0 Å². The van der Waals surface area contributed by atoms with Gasteiger partial charge in [0.2, 0.25) is 11.8 Å². The Bertz CT molecular complexity index is 581. The highest BCUT2D eigenvalue weighted by atomic mass is 32.2. The quantitative estimate of drug-likeness (QED) is 0.426. The van der Waals surface area contributed by atoms with Crippen LogP contribution in [0.5, 0.6) is 0 Å². The maximum Gasteiger partial charge on any atom is 0.225 e.